The summed E-state index contributed by atoms with van der Waals surface area (Å²) in [6, 6.07) is 76.9. The van der Waals surface area contributed by atoms with Crippen LogP contribution < -0.4 is 16.4 Å². The Kier molecular flexibility index (Phi) is 7.09. The Labute approximate surface area is 360 Å². The molecule has 1 aliphatic heterocycles. The van der Waals surface area contributed by atoms with E-state index < -0.39 is 0 Å². The van der Waals surface area contributed by atoms with Gasteiger partial charge < -0.3 is 0 Å². The monoisotopic (exact) mass is 787 g/mol. The van der Waals surface area contributed by atoms with Gasteiger partial charge in [0.25, 0.3) is 0 Å². The minimum absolute atomic E-state index is 0.00486. The van der Waals surface area contributed by atoms with Crippen LogP contribution in [0, 0.1) is 0 Å². The quantitative estimate of drug-likeness (QED) is 0.163. The molecular weight excluding hydrogens is 749 g/mol. The number of benzene rings is 9. The van der Waals surface area contributed by atoms with Crippen LogP contribution in [0.3, 0.4) is 0 Å². The van der Waals surface area contributed by atoms with Gasteiger partial charge in [-0.3, -0.25) is 8.97 Å². The maximum absolute atomic E-state index is 5.46. The van der Waals surface area contributed by atoms with Crippen molar-refractivity contribution in [3.8, 4) is 27.9 Å². The van der Waals surface area contributed by atoms with E-state index in [0.29, 0.717) is 0 Å². The van der Waals surface area contributed by atoms with Crippen LogP contribution in [-0.2, 0) is 6.42 Å². The minimum atomic E-state index is -0.00486. The predicted molar refractivity (Wildman–Crippen MR) is 256 cm³/mol. The fraction of sp³-hybridized carbons (Fsp3) is 0.0517. The highest BCUT2D eigenvalue weighted by Crippen LogP contribution is 2.55. The van der Waals surface area contributed by atoms with Gasteiger partial charge >= 0.3 is 0 Å². The summed E-state index contributed by atoms with van der Waals surface area (Å²) in [5.74, 6) is 1.14. The Morgan fingerprint density at radius 3 is 1.87 bits per heavy atom. The van der Waals surface area contributed by atoms with Crippen molar-refractivity contribution in [2.24, 2.45) is 0 Å². The zero-order chi connectivity index (χ0) is 40.5. The molecule has 4 heteroatoms. The molecule has 2 aliphatic carbocycles. The predicted octanol–water partition coefficient (Wildman–Crippen LogP) is 11.2. The highest BCUT2D eigenvalue weighted by Gasteiger charge is 2.43. The number of hydrogen-bond donors (Lipinski definition) is 0. The standard InChI is InChI=1S/C58H38BN3/c1-3-18-36(19-4-1)39-23-7-8-25-41(39)54-42-26-9-10-27-43(42)55-45-35-49-57-56(46(45)34-38-22-17-28-44(54)53(38)55)62-52-33-16-14-31-50(52)60-58(62)61(57)51-32-15-13-30-48(51)59(49)47-29-12-11-24-40(47)37-20-5-2-6-21-37/h1-33,35,54-55H,34H2. The number of imidazole rings is 2. The van der Waals surface area contributed by atoms with Crippen molar-refractivity contribution in [3.05, 3.63) is 251 Å². The van der Waals surface area contributed by atoms with E-state index in [-0.39, 0.29) is 18.5 Å². The molecule has 0 bridgehead atoms. The molecule has 62 heavy (non-hydrogen) atoms. The van der Waals surface area contributed by atoms with Crippen molar-refractivity contribution in [2.75, 3.05) is 0 Å². The molecule has 14 rings (SSSR count). The molecule has 11 aromatic rings. The molecule has 0 amide bonds. The van der Waals surface area contributed by atoms with Crippen molar-refractivity contribution in [1.29, 1.82) is 0 Å². The van der Waals surface area contributed by atoms with Crippen LogP contribution in [0.2, 0.25) is 0 Å². The molecule has 0 saturated heterocycles. The van der Waals surface area contributed by atoms with Crippen molar-refractivity contribution < 1.29 is 0 Å². The van der Waals surface area contributed by atoms with Gasteiger partial charge in [0.05, 0.1) is 22.1 Å². The van der Waals surface area contributed by atoms with E-state index in [4.69, 9.17) is 4.98 Å². The second-order valence-corrected chi connectivity index (χ2v) is 17.3. The van der Waals surface area contributed by atoms with Crippen LogP contribution in [-0.4, -0.2) is 20.7 Å². The minimum Gasteiger partial charge on any atom is -0.279 e. The Morgan fingerprint density at radius 2 is 1.06 bits per heavy atom. The summed E-state index contributed by atoms with van der Waals surface area (Å²) >= 11 is 0. The molecule has 3 nitrogen and oxygen atoms in total. The number of nitrogens with zero attached hydrogens (tertiary/aromatic N) is 3. The Balaban J connectivity index is 1.10. The summed E-state index contributed by atoms with van der Waals surface area (Å²) in [5, 5.41) is 0. The molecule has 3 heterocycles. The first-order valence-electron chi connectivity index (χ1n) is 21.9. The fourth-order valence-electron chi connectivity index (χ4n) is 11.9. The summed E-state index contributed by atoms with van der Waals surface area (Å²) < 4.78 is 4.98. The molecule has 3 aliphatic rings. The molecule has 2 atom stereocenters. The number of para-hydroxylation sites is 3. The van der Waals surface area contributed by atoms with E-state index >= 15 is 0 Å². The summed E-state index contributed by atoms with van der Waals surface area (Å²) in [6.07, 6.45) is 0.847. The first kappa shape index (κ1) is 34.1. The van der Waals surface area contributed by atoms with Crippen LogP contribution in [0.1, 0.15) is 56.3 Å². The third-order valence-corrected chi connectivity index (χ3v) is 14.3. The van der Waals surface area contributed by atoms with Crippen LogP contribution in [0.5, 0.6) is 0 Å². The van der Waals surface area contributed by atoms with E-state index in [2.05, 4.69) is 215 Å². The number of hydrogen-bond acceptors (Lipinski definition) is 1. The van der Waals surface area contributed by atoms with Crippen LogP contribution in [0.4, 0.5) is 0 Å². The van der Waals surface area contributed by atoms with Gasteiger partial charge in [0, 0.05) is 23.9 Å². The molecule has 0 saturated carbocycles. The maximum Gasteiger partial charge on any atom is 0.247 e. The molecule has 0 radical (unpaired) electrons. The number of aromatic nitrogens is 3. The third-order valence-electron chi connectivity index (χ3n) is 14.3. The van der Waals surface area contributed by atoms with Gasteiger partial charge in [-0.2, -0.15) is 0 Å². The summed E-state index contributed by atoms with van der Waals surface area (Å²) in [6.45, 7) is -0.00486. The van der Waals surface area contributed by atoms with E-state index in [1.165, 1.54) is 99.9 Å². The third kappa shape index (κ3) is 4.59. The molecule has 0 fully saturated rings. The molecule has 9 aromatic carbocycles. The average Bonchev–Trinajstić information content (AvgIpc) is 3.88. The zero-order valence-electron chi connectivity index (χ0n) is 33.9. The SMILES string of the molecule is c1ccc(-c2ccccc2B2c3ccccc3-n3c4c2cc2c(c4n4c5ccccc5nc34)Cc3cccc4c3C2c2ccccc2C4c2ccccc2-c2ccccc2)cc1. The van der Waals surface area contributed by atoms with Gasteiger partial charge in [0.15, 0.2) is 0 Å². The number of fused-ring (bicyclic) bond motifs is 12. The van der Waals surface area contributed by atoms with E-state index in [9.17, 15) is 0 Å². The van der Waals surface area contributed by atoms with Gasteiger partial charge in [0.2, 0.25) is 12.5 Å². The Morgan fingerprint density at radius 1 is 0.452 bits per heavy atom. The summed E-state index contributed by atoms with van der Waals surface area (Å²) in [5.41, 5.74) is 26.2. The second kappa shape index (κ2) is 12.9. The smallest absolute Gasteiger partial charge is 0.247 e. The van der Waals surface area contributed by atoms with E-state index in [1.54, 1.807) is 0 Å². The number of rotatable bonds is 4. The largest absolute Gasteiger partial charge is 0.279 e. The lowest BCUT2D eigenvalue weighted by molar-refractivity contribution is 0.785. The van der Waals surface area contributed by atoms with E-state index in [1.807, 2.05) is 0 Å². The molecular formula is C58H38BN3. The molecule has 2 unspecified atom stereocenters. The van der Waals surface area contributed by atoms with Gasteiger partial charge in [-0.15, -0.1) is 0 Å². The fourth-order valence-corrected chi connectivity index (χ4v) is 11.9. The lowest BCUT2D eigenvalue weighted by Crippen LogP contribution is -2.56. The molecule has 288 valence electrons. The van der Waals surface area contributed by atoms with Gasteiger partial charge in [-0.1, -0.05) is 194 Å². The zero-order valence-corrected chi connectivity index (χ0v) is 33.9. The van der Waals surface area contributed by atoms with Gasteiger partial charge in [-0.05, 0) is 95.9 Å². The topological polar surface area (TPSA) is 22.2 Å². The first-order chi connectivity index (χ1) is 30.8. The first-order valence-corrected chi connectivity index (χ1v) is 21.9. The highest BCUT2D eigenvalue weighted by atomic mass is 15.2. The van der Waals surface area contributed by atoms with Crippen molar-refractivity contribution in [2.45, 2.75) is 18.3 Å². The van der Waals surface area contributed by atoms with Crippen LogP contribution in [0.15, 0.2) is 206 Å². The normalized spacial score (nSPS) is 15.6. The summed E-state index contributed by atoms with van der Waals surface area (Å²) in [7, 11) is 0. The highest BCUT2D eigenvalue weighted by molar-refractivity contribution is 6.98. The van der Waals surface area contributed by atoms with Crippen LogP contribution in [0.25, 0.3) is 55.8 Å². The molecule has 0 N–H and O–H groups in total. The lowest BCUT2D eigenvalue weighted by atomic mass is 9.34. The molecule has 0 spiro atoms. The van der Waals surface area contributed by atoms with Gasteiger partial charge in [-0.25, -0.2) is 4.98 Å². The maximum atomic E-state index is 5.46. The second-order valence-electron chi connectivity index (χ2n) is 17.3. The average molecular weight is 788 g/mol. The van der Waals surface area contributed by atoms with Gasteiger partial charge in [0.1, 0.15) is 0 Å². The van der Waals surface area contributed by atoms with Crippen LogP contribution >= 0.6 is 0 Å². The van der Waals surface area contributed by atoms with Crippen molar-refractivity contribution in [3.63, 3.8) is 0 Å². The Hall–Kier alpha value is -7.69. The van der Waals surface area contributed by atoms with E-state index in [0.717, 1.165) is 23.2 Å². The lowest BCUT2D eigenvalue weighted by Gasteiger charge is -2.41. The molecule has 2 aromatic heterocycles. The van der Waals surface area contributed by atoms with Crippen molar-refractivity contribution >= 4 is 50.9 Å². The Bertz CT molecular complexity index is 3640. The summed E-state index contributed by atoms with van der Waals surface area (Å²) in [4.78, 5) is 5.46. The van der Waals surface area contributed by atoms with Crippen molar-refractivity contribution in [1.82, 2.24) is 14.0 Å².